The number of nitrogens with one attached hydrogen (secondary N) is 5. The zero-order valence-electron chi connectivity index (χ0n) is 24.7. The molecule has 1 aromatic heterocycles. The highest BCUT2D eigenvalue weighted by molar-refractivity contribution is 5.96. The third-order valence-corrected chi connectivity index (χ3v) is 6.49. The van der Waals surface area contributed by atoms with Crippen molar-refractivity contribution in [2.75, 3.05) is 6.61 Å². The van der Waals surface area contributed by atoms with Crippen LogP contribution in [-0.4, -0.2) is 103 Å². The molecule has 11 N–H and O–H groups in total. The van der Waals surface area contributed by atoms with Crippen molar-refractivity contribution in [3.8, 4) is 5.75 Å². The number of phenols is 1. The maximum absolute atomic E-state index is 13.3. The number of aromatic hydroxyl groups is 1. The topological polar surface area (TPSA) is 286 Å². The van der Waals surface area contributed by atoms with E-state index in [1.807, 2.05) is 0 Å². The number of hydrogen-bond acceptors (Lipinski definition) is 10. The lowest BCUT2D eigenvalue weighted by Crippen LogP contribution is -2.60. The fourth-order valence-electron chi connectivity index (χ4n) is 4.17. The summed E-state index contributed by atoms with van der Waals surface area (Å²) < 4.78 is 0. The van der Waals surface area contributed by atoms with Gasteiger partial charge in [-0.1, -0.05) is 26.0 Å². The van der Waals surface area contributed by atoms with Crippen molar-refractivity contribution < 1.29 is 49.2 Å². The molecule has 4 amide bonds. The summed E-state index contributed by atoms with van der Waals surface area (Å²) in [6.07, 6.45) is 1.85. The second kappa shape index (κ2) is 17.3. The Balaban J connectivity index is 2.19. The van der Waals surface area contributed by atoms with E-state index in [1.165, 1.54) is 36.8 Å². The highest BCUT2D eigenvalue weighted by Gasteiger charge is 2.32. The zero-order chi connectivity index (χ0) is 33.7. The van der Waals surface area contributed by atoms with Crippen LogP contribution in [0.5, 0.6) is 5.75 Å². The van der Waals surface area contributed by atoms with Gasteiger partial charge in [-0.05, 0) is 30.0 Å². The summed E-state index contributed by atoms with van der Waals surface area (Å²) in [5.74, 6) is -6.54. The molecule has 45 heavy (non-hydrogen) atoms. The highest BCUT2D eigenvalue weighted by atomic mass is 16.4. The summed E-state index contributed by atoms with van der Waals surface area (Å²) in [6, 6.07) is -1.45. The third-order valence-electron chi connectivity index (χ3n) is 6.49. The molecule has 0 saturated heterocycles. The van der Waals surface area contributed by atoms with Gasteiger partial charge >= 0.3 is 11.9 Å². The highest BCUT2D eigenvalue weighted by Crippen LogP contribution is 2.12. The number of aliphatic carboxylic acids is 2. The quantitative estimate of drug-likeness (QED) is 0.0834. The zero-order valence-corrected chi connectivity index (χ0v) is 24.7. The number of carbonyl (C=O) groups is 6. The average Bonchev–Trinajstić information content (AvgIpc) is 3.48. The van der Waals surface area contributed by atoms with Crippen LogP contribution in [0, 0.1) is 5.92 Å². The van der Waals surface area contributed by atoms with E-state index in [0.29, 0.717) is 11.3 Å². The van der Waals surface area contributed by atoms with E-state index in [9.17, 15) is 44.1 Å². The Morgan fingerprint density at radius 3 is 1.91 bits per heavy atom. The number of phenolic OH excluding ortho intramolecular Hbond substituents is 1. The van der Waals surface area contributed by atoms with E-state index in [-0.39, 0.29) is 30.9 Å². The van der Waals surface area contributed by atoms with Gasteiger partial charge in [0.1, 0.15) is 29.9 Å². The molecule has 0 unspecified atom stereocenters. The van der Waals surface area contributed by atoms with Gasteiger partial charge in [0.2, 0.25) is 23.6 Å². The predicted octanol–water partition coefficient (Wildman–Crippen LogP) is -2.24. The molecule has 0 radical (unpaired) electrons. The molecule has 2 aromatic rings. The van der Waals surface area contributed by atoms with Crippen LogP contribution in [0.1, 0.15) is 37.9 Å². The summed E-state index contributed by atoms with van der Waals surface area (Å²) in [6.45, 7) is 2.62. The monoisotopic (exact) mass is 633 g/mol. The van der Waals surface area contributed by atoms with Gasteiger partial charge < -0.3 is 52.4 Å². The molecular weight excluding hydrogens is 594 g/mol. The van der Waals surface area contributed by atoms with E-state index < -0.39 is 78.8 Å². The largest absolute Gasteiger partial charge is 0.508 e. The van der Waals surface area contributed by atoms with Crippen molar-refractivity contribution >= 4 is 35.6 Å². The maximum atomic E-state index is 13.3. The van der Waals surface area contributed by atoms with Crippen molar-refractivity contribution in [3.05, 3.63) is 48.0 Å². The van der Waals surface area contributed by atoms with Crippen LogP contribution in [0.4, 0.5) is 0 Å². The first-order valence-corrected chi connectivity index (χ1v) is 14.0. The first-order valence-electron chi connectivity index (χ1n) is 14.0. The van der Waals surface area contributed by atoms with E-state index in [2.05, 4.69) is 31.2 Å². The molecule has 0 aliphatic carbocycles. The Hall–Kier alpha value is -5.03. The normalized spacial score (nSPS) is 14.3. The molecule has 0 aliphatic heterocycles. The second-order valence-electron chi connectivity index (χ2n) is 10.8. The number of hydrogen-bond donors (Lipinski definition) is 10. The van der Waals surface area contributed by atoms with Gasteiger partial charge in [-0.15, -0.1) is 0 Å². The number of aromatic nitrogens is 2. The predicted molar refractivity (Wildman–Crippen MR) is 156 cm³/mol. The Morgan fingerprint density at radius 1 is 0.822 bits per heavy atom. The molecule has 0 fully saturated rings. The van der Waals surface area contributed by atoms with E-state index >= 15 is 0 Å². The second-order valence-corrected chi connectivity index (χ2v) is 10.8. The van der Waals surface area contributed by atoms with Crippen LogP contribution < -0.4 is 27.0 Å². The third kappa shape index (κ3) is 12.2. The molecule has 17 nitrogen and oxygen atoms in total. The molecule has 5 atom stereocenters. The number of nitrogens with zero attached hydrogens (tertiary/aromatic N) is 1. The first kappa shape index (κ1) is 36.2. The maximum Gasteiger partial charge on any atom is 0.326 e. The Bertz CT molecular complexity index is 1320. The summed E-state index contributed by atoms with van der Waals surface area (Å²) in [7, 11) is 0. The van der Waals surface area contributed by atoms with Crippen molar-refractivity contribution in [3.63, 3.8) is 0 Å². The summed E-state index contributed by atoms with van der Waals surface area (Å²) in [5, 5.41) is 47.6. The Morgan fingerprint density at radius 2 is 1.38 bits per heavy atom. The molecule has 17 heteroatoms. The fraction of sp³-hybridized carbons (Fsp3) is 0.464. The van der Waals surface area contributed by atoms with Crippen molar-refractivity contribution in [2.45, 2.75) is 69.7 Å². The average molecular weight is 634 g/mol. The lowest BCUT2D eigenvalue weighted by Gasteiger charge is -2.26. The molecule has 246 valence electrons. The number of amides is 4. The molecule has 0 bridgehead atoms. The van der Waals surface area contributed by atoms with Gasteiger partial charge in [0.15, 0.2) is 0 Å². The molecule has 0 aliphatic rings. The standard InChI is InChI=1S/C28H39N7O10/c1-14(2)7-19(25(41)34-21(28(44)45)9-16-11-30-13-31-16)33-27(43)22(12-36)35-26(42)20(8-15-3-5-17(37)6-4-15)32-24(40)18(29)10-23(38)39/h3-6,11,13-14,18-22,36-37H,7-10,12,29H2,1-2H3,(H,30,31)(H,32,40)(H,33,43)(H,34,41)(H,35,42)(H,38,39)(H,44,45)/t18-,19-,20-,21-,22-/m0/s1. The Kier molecular flexibility index (Phi) is 13.9. The number of nitrogens with two attached hydrogens (primary N) is 1. The van der Waals surface area contributed by atoms with Gasteiger partial charge in [0.05, 0.1) is 25.4 Å². The van der Waals surface area contributed by atoms with Gasteiger partial charge in [0.25, 0.3) is 0 Å². The van der Waals surface area contributed by atoms with Gasteiger partial charge in [-0.25, -0.2) is 9.78 Å². The number of carboxylic acid groups (broad SMARTS) is 2. The minimum absolute atomic E-state index is 0.0553. The van der Waals surface area contributed by atoms with Crippen molar-refractivity contribution in [1.29, 1.82) is 0 Å². The fourth-order valence-corrected chi connectivity index (χ4v) is 4.17. The molecule has 2 rings (SSSR count). The van der Waals surface area contributed by atoms with Crippen LogP contribution >= 0.6 is 0 Å². The van der Waals surface area contributed by atoms with E-state index in [4.69, 9.17) is 10.8 Å². The number of aliphatic hydroxyl groups excluding tert-OH is 1. The molecule has 0 saturated carbocycles. The lowest BCUT2D eigenvalue weighted by atomic mass is 10.0. The molecule has 1 aromatic carbocycles. The van der Waals surface area contributed by atoms with Crippen LogP contribution in [0.3, 0.4) is 0 Å². The molecule has 0 spiro atoms. The van der Waals surface area contributed by atoms with Crippen molar-refractivity contribution in [1.82, 2.24) is 31.2 Å². The van der Waals surface area contributed by atoms with E-state index in [1.54, 1.807) is 13.8 Å². The number of carbonyl (C=O) groups excluding carboxylic acids is 4. The van der Waals surface area contributed by atoms with Crippen LogP contribution in [0.15, 0.2) is 36.8 Å². The minimum Gasteiger partial charge on any atom is -0.508 e. The number of rotatable bonds is 18. The van der Waals surface area contributed by atoms with Crippen LogP contribution in [0.2, 0.25) is 0 Å². The van der Waals surface area contributed by atoms with Gasteiger partial charge in [-0.2, -0.15) is 0 Å². The van der Waals surface area contributed by atoms with Gasteiger partial charge in [-0.3, -0.25) is 24.0 Å². The minimum atomic E-state index is -1.60. The lowest BCUT2D eigenvalue weighted by molar-refractivity contribution is -0.142. The summed E-state index contributed by atoms with van der Waals surface area (Å²) in [5.41, 5.74) is 6.55. The number of aromatic amines is 1. The smallest absolute Gasteiger partial charge is 0.326 e. The molecular formula is C28H39N7O10. The number of carboxylic acids is 2. The Labute approximate surface area is 258 Å². The van der Waals surface area contributed by atoms with Crippen molar-refractivity contribution in [2.24, 2.45) is 11.7 Å². The SMILES string of the molecule is CC(C)C[C@H](NC(=O)[C@H](CO)NC(=O)[C@H](Cc1ccc(O)cc1)NC(=O)[C@@H](N)CC(=O)O)C(=O)N[C@@H](Cc1cnc[nH]1)C(=O)O. The van der Waals surface area contributed by atoms with E-state index in [0.717, 1.165) is 0 Å². The molecule has 1 heterocycles. The summed E-state index contributed by atoms with van der Waals surface area (Å²) in [4.78, 5) is 81.4. The first-order chi connectivity index (χ1) is 21.2. The number of benzene rings is 1. The van der Waals surface area contributed by atoms with Crippen LogP contribution in [0.25, 0.3) is 0 Å². The number of aliphatic hydroxyl groups is 1. The van der Waals surface area contributed by atoms with Gasteiger partial charge in [0, 0.05) is 24.7 Å². The van der Waals surface area contributed by atoms with Crippen LogP contribution in [-0.2, 0) is 41.6 Å². The summed E-state index contributed by atoms with van der Waals surface area (Å²) >= 11 is 0. The number of H-pyrrole nitrogens is 1. The number of imidazole rings is 1.